The van der Waals surface area contributed by atoms with E-state index in [0.29, 0.717) is 0 Å². The quantitative estimate of drug-likeness (QED) is 0.798. The molecule has 1 heterocycles. The minimum atomic E-state index is -3.65. The second-order valence-corrected chi connectivity index (χ2v) is 8.44. The van der Waals surface area contributed by atoms with Gasteiger partial charge in [-0.25, -0.2) is 12.8 Å². The molecule has 3 unspecified atom stereocenters. The van der Waals surface area contributed by atoms with Gasteiger partial charge in [0.1, 0.15) is 5.82 Å². The highest BCUT2D eigenvalue weighted by atomic mass is 32.2. The molecule has 0 spiro atoms. The van der Waals surface area contributed by atoms with Crippen molar-refractivity contribution in [1.82, 2.24) is 10.6 Å². The lowest BCUT2D eigenvalue weighted by Gasteiger charge is -2.31. The highest BCUT2D eigenvalue weighted by Gasteiger charge is 2.28. The van der Waals surface area contributed by atoms with E-state index in [1.807, 2.05) is 6.92 Å². The van der Waals surface area contributed by atoms with Crippen LogP contribution in [0.4, 0.5) is 4.39 Å². The summed E-state index contributed by atoms with van der Waals surface area (Å²) in [6.45, 7) is 4.44. The predicted molar refractivity (Wildman–Crippen MR) is 86.3 cm³/mol. The Morgan fingerprint density at radius 1 is 1.39 bits per heavy atom. The molecule has 1 aliphatic rings. The van der Waals surface area contributed by atoms with Gasteiger partial charge in [-0.15, -0.1) is 0 Å². The fraction of sp³-hybridized carbons (Fsp3) is 0.562. The molecule has 1 aromatic carbocycles. The number of carbonyl (C=O) groups excluding carboxylic acids is 1. The zero-order valence-electron chi connectivity index (χ0n) is 13.4. The van der Waals surface area contributed by atoms with Crippen molar-refractivity contribution in [2.45, 2.75) is 55.3 Å². The van der Waals surface area contributed by atoms with Gasteiger partial charge in [0.05, 0.1) is 10.1 Å². The predicted octanol–water partition coefficient (Wildman–Crippen LogP) is 1.63. The monoisotopic (exact) mass is 342 g/mol. The average Bonchev–Trinajstić information content (AvgIpc) is 2.50. The smallest absolute Gasteiger partial charge is 0.221 e. The lowest BCUT2D eigenvalue weighted by atomic mass is 10.00. The minimum absolute atomic E-state index is 0.0250. The maximum Gasteiger partial charge on any atom is 0.221 e. The summed E-state index contributed by atoms with van der Waals surface area (Å²) < 4.78 is 37.8. The van der Waals surface area contributed by atoms with E-state index < -0.39 is 20.9 Å². The lowest BCUT2D eigenvalue weighted by molar-refractivity contribution is -0.122. The fourth-order valence-corrected chi connectivity index (χ4v) is 4.09. The standard InChI is InChI=1S/C16H23FN2O3S/c1-11(23(21,22)14-7-5-13(17)6-8-14)10-16(20)19-15-4-3-9-18-12(15)2/h5-8,11-12,15,18H,3-4,9-10H2,1-2H3,(H,19,20). The molecular formula is C16H23FN2O3S. The Morgan fingerprint density at radius 3 is 2.65 bits per heavy atom. The second-order valence-electron chi connectivity index (χ2n) is 6.07. The highest BCUT2D eigenvalue weighted by Crippen LogP contribution is 2.19. The molecule has 0 saturated carbocycles. The maximum atomic E-state index is 12.9. The number of halogens is 1. The molecule has 1 fully saturated rings. The zero-order valence-corrected chi connectivity index (χ0v) is 14.2. The SMILES string of the molecule is CC1NCCCC1NC(=O)CC(C)S(=O)(=O)c1ccc(F)cc1. The number of hydrogen-bond donors (Lipinski definition) is 2. The second kappa shape index (κ2) is 7.40. The van der Waals surface area contributed by atoms with Crippen LogP contribution in [-0.2, 0) is 14.6 Å². The minimum Gasteiger partial charge on any atom is -0.352 e. The number of carbonyl (C=O) groups is 1. The van der Waals surface area contributed by atoms with Crippen LogP contribution in [0.15, 0.2) is 29.2 Å². The molecule has 1 aromatic rings. The third kappa shape index (κ3) is 4.51. The van der Waals surface area contributed by atoms with Gasteiger partial charge >= 0.3 is 0 Å². The lowest BCUT2D eigenvalue weighted by Crippen LogP contribution is -2.52. The van der Waals surface area contributed by atoms with Crippen molar-refractivity contribution in [2.24, 2.45) is 0 Å². The van der Waals surface area contributed by atoms with Gasteiger partial charge in [-0.1, -0.05) is 0 Å². The van der Waals surface area contributed by atoms with Crippen LogP contribution in [0, 0.1) is 5.82 Å². The largest absolute Gasteiger partial charge is 0.352 e. The molecular weight excluding hydrogens is 319 g/mol. The third-order valence-corrected chi connectivity index (χ3v) is 6.41. The number of hydrogen-bond acceptors (Lipinski definition) is 4. The molecule has 1 aliphatic heterocycles. The van der Waals surface area contributed by atoms with Crippen molar-refractivity contribution >= 4 is 15.7 Å². The first-order valence-electron chi connectivity index (χ1n) is 7.83. The number of sulfone groups is 1. The van der Waals surface area contributed by atoms with Gasteiger partial charge in [0.25, 0.3) is 0 Å². The van der Waals surface area contributed by atoms with E-state index in [1.165, 1.54) is 19.1 Å². The van der Waals surface area contributed by atoms with Gasteiger partial charge in [-0.2, -0.15) is 0 Å². The molecule has 0 aliphatic carbocycles. The summed E-state index contributed by atoms with van der Waals surface area (Å²) in [6, 6.07) is 4.87. The maximum absolute atomic E-state index is 12.9. The first kappa shape index (κ1) is 17.9. The van der Waals surface area contributed by atoms with E-state index in [0.717, 1.165) is 31.5 Å². The normalized spacial score (nSPS) is 23.3. The van der Waals surface area contributed by atoms with Crippen LogP contribution < -0.4 is 10.6 Å². The number of piperidine rings is 1. The van der Waals surface area contributed by atoms with Gasteiger partial charge in [-0.05, 0) is 57.5 Å². The molecule has 2 rings (SSSR count). The van der Waals surface area contributed by atoms with Gasteiger partial charge in [-0.3, -0.25) is 4.79 Å². The van der Waals surface area contributed by atoms with Crippen molar-refractivity contribution in [3.63, 3.8) is 0 Å². The van der Waals surface area contributed by atoms with E-state index in [9.17, 15) is 17.6 Å². The van der Waals surface area contributed by atoms with Crippen LogP contribution in [0.2, 0.25) is 0 Å². The summed E-state index contributed by atoms with van der Waals surface area (Å²) in [7, 11) is -3.65. The molecule has 0 bridgehead atoms. The van der Waals surface area contributed by atoms with Gasteiger partial charge in [0.2, 0.25) is 5.91 Å². The van der Waals surface area contributed by atoms with Crippen LogP contribution in [0.5, 0.6) is 0 Å². The molecule has 0 radical (unpaired) electrons. The fourth-order valence-electron chi connectivity index (χ4n) is 2.73. The van der Waals surface area contributed by atoms with Crippen molar-refractivity contribution in [3.05, 3.63) is 30.1 Å². The third-order valence-electron chi connectivity index (χ3n) is 4.25. The summed E-state index contributed by atoms with van der Waals surface area (Å²) in [5, 5.41) is 5.33. The molecule has 1 saturated heterocycles. The molecule has 0 aromatic heterocycles. The van der Waals surface area contributed by atoms with Gasteiger partial charge in [0, 0.05) is 18.5 Å². The van der Waals surface area contributed by atoms with Crippen LogP contribution in [-0.4, -0.2) is 38.2 Å². The summed E-state index contributed by atoms with van der Waals surface area (Å²) in [6.07, 6.45) is 1.76. The van der Waals surface area contributed by atoms with E-state index >= 15 is 0 Å². The Hall–Kier alpha value is -1.47. The van der Waals surface area contributed by atoms with Crippen LogP contribution in [0.1, 0.15) is 33.1 Å². The Labute approximate surface area is 136 Å². The number of nitrogens with one attached hydrogen (secondary N) is 2. The first-order chi connectivity index (χ1) is 10.8. The van der Waals surface area contributed by atoms with Crippen LogP contribution >= 0.6 is 0 Å². The van der Waals surface area contributed by atoms with Crippen molar-refractivity contribution < 1.29 is 17.6 Å². The van der Waals surface area contributed by atoms with Crippen molar-refractivity contribution in [1.29, 1.82) is 0 Å². The first-order valence-corrected chi connectivity index (χ1v) is 9.37. The summed E-state index contributed by atoms with van der Waals surface area (Å²) >= 11 is 0. The summed E-state index contributed by atoms with van der Waals surface area (Å²) in [5.41, 5.74) is 0. The topological polar surface area (TPSA) is 75.3 Å². The Balaban J connectivity index is 1.98. The van der Waals surface area contributed by atoms with Crippen molar-refractivity contribution in [3.8, 4) is 0 Å². The summed E-state index contributed by atoms with van der Waals surface area (Å²) in [4.78, 5) is 12.2. The van der Waals surface area contributed by atoms with E-state index in [4.69, 9.17) is 0 Å². The molecule has 1 amide bonds. The molecule has 7 heteroatoms. The van der Waals surface area contributed by atoms with E-state index in [2.05, 4.69) is 10.6 Å². The molecule has 3 atom stereocenters. The Morgan fingerprint density at radius 2 is 2.04 bits per heavy atom. The number of amides is 1. The van der Waals surface area contributed by atoms with Crippen LogP contribution in [0.3, 0.4) is 0 Å². The summed E-state index contributed by atoms with van der Waals surface area (Å²) in [5.74, 6) is -0.767. The average molecular weight is 342 g/mol. The van der Waals surface area contributed by atoms with Crippen molar-refractivity contribution in [2.75, 3.05) is 6.54 Å². The molecule has 5 nitrogen and oxygen atoms in total. The Bertz CT molecular complexity index is 646. The van der Waals surface area contributed by atoms with Crippen LogP contribution in [0.25, 0.3) is 0 Å². The van der Waals surface area contributed by atoms with E-state index in [1.54, 1.807) is 0 Å². The molecule has 128 valence electrons. The highest BCUT2D eigenvalue weighted by molar-refractivity contribution is 7.92. The number of rotatable bonds is 5. The Kier molecular flexibility index (Phi) is 5.75. The molecule has 23 heavy (non-hydrogen) atoms. The van der Waals surface area contributed by atoms with Gasteiger partial charge < -0.3 is 10.6 Å². The molecule has 2 N–H and O–H groups in total. The van der Waals surface area contributed by atoms with E-state index in [-0.39, 0.29) is 29.3 Å². The van der Waals surface area contributed by atoms with Gasteiger partial charge in [0.15, 0.2) is 9.84 Å². The number of benzene rings is 1. The zero-order chi connectivity index (χ0) is 17.0.